The van der Waals surface area contributed by atoms with E-state index in [-0.39, 0.29) is 18.7 Å². The van der Waals surface area contributed by atoms with Gasteiger partial charge >= 0.3 is 12.0 Å². The van der Waals surface area contributed by atoms with Crippen LogP contribution in [0.25, 0.3) is 0 Å². The first-order chi connectivity index (χ1) is 9.60. The van der Waals surface area contributed by atoms with Gasteiger partial charge in [0, 0.05) is 19.2 Å². The Bertz CT molecular complexity index is 320. The van der Waals surface area contributed by atoms with E-state index in [0.29, 0.717) is 19.4 Å². The molecule has 20 heavy (non-hydrogen) atoms. The Balaban J connectivity index is 2.58. The molecule has 1 rings (SSSR count). The molecule has 0 saturated carbocycles. The third-order valence-corrected chi connectivity index (χ3v) is 3.79. The molecular formula is C14H26N2O4. The van der Waals surface area contributed by atoms with Crippen molar-refractivity contribution in [3.8, 4) is 0 Å². The van der Waals surface area contributed by atoms with Crippen LogP contribution in [-0.4, -0.2) is 52.3 Å². The van der Waals surface area contributed by atoms with Gasteiger partial charge in [-0.05, 0) is 32.1 Å². The number of hydrogen-bond acceptors (Lipinski definition) is 3. The SMILES string of the molecule is CCCC[C@H](NC(=O)N1CCCCC1CCO)C(=O)O. The van der Waals surface area contributed by atoms with Crippen molar-refractivity contribution in [1.29, 1.82) is 0 Å². The minimum atomic E-state index is -0.984. The molecule has 1 aliphatic heterocycles. The Kier molecular flexibility index (Phi) is 7.36. The second kappa shape index (κ2) is 8.79. The summed E-state index contributed by atoms with van der Waals surface area (Å²) in [6.45, 7) is 2.67. The minimum Gasteiger partial charge on any atom is -0.480 e. The summed E-state index contributed by atoms with van der Waals surface area (Å²) in [4.78, 5) is 25.1. The van der Waals surface area contributed by atoms with Gasteiger partial charge in [0.05, 0.1) is 0 Å². The van der Waals surface area contributed by atoms with Crippen molar-refractivity contribution in [1.82, 2.24) is 10.2 Å². The van der Waals surface area contributed by atoms with E-state index in [9.17, 15) is 9.59 Å². The number of carbonyl (C=O) groups excluding carboxylic acids is 1. The molecule has 3 N–H and O–H groups in total. The van der Waals surface area contributed by atoms with E-state index in [1.807, 2.05) is 6.92 Å². The highest BCUT2D eigenvalue weighted by Gasteiger charge is 2.29. The predicted molar refractivity (Wildman–Crippen MR) is 75.5 cm³/mol. The van der Waals surface area contributed by atoms with Crippen LogP contribution in [0.2, 0.25) is 0 Å². The second-order valence-corrected chi connectivity index (χ2v) is 5.34. The number of likely N-dealkylation sites (tertiary alicyclic amines) is 1. The highest BCUT2D eigenvalue weighted by molar-refractivity contribution is 5.82. The molecule has 1 heterocycles. The van der Waals surface area contributed by atoms with Crippen LogP contribution in [0.4, 0.5) is 4.79 Å². The highest BCUT2D eigenvalue weighted by Crippen LogP contribution is 2.19. The summed E-state index contributed by atoms with van der Waals surface area (Å²) in [6, 6.07) is -1.11. The lowest BCUT2D eigenvalue weighted by molar-refractivity contribution is -0.139. The monoisotopic (exact) mass is 286 g/mol. The van der Waals surface area contributed by atoms with Crippen LogP contribution >= 0.6 is 0 Å². The Morgan fingerprint density at radius 1 is 1.40 bits per heavy atom. The summed E-state index contributed by atoms with van der Waals surface area (Å²) in [5.41, 5.74) is 0. The number of nitrogens with one attached hydrogen (secondary N) is 1. The van der Waals surface area contributed by atoms with Crippen molar-refractivity contribution in [2.75, 3.05) is 13.2 Å². The molecule has 2 amide bonds. The van der Waals surface area contributed by atoms with Crippen LogP contribution in [0.3, 0.4) is 0 Å². The lowest BCUT2D eigenvalue weighted by Gasteiger charge is -2.36. The summed E-state index contributed by atoms with van der Waals surface area (Å²) in [6.07, 6.45) is 5.54. The largest absolute Gasteiger partial charge is 0.480 e. The second-order valence-electron chi connectivity index (χ2n) is 5.34. The number of piperidine rings is 1. The number of unbranched alkanes of at least 4 members (excludes halogenated alkanes) is 1. The third-order valence-electron chi connectivity index (χ3n) is 3.79. The summed E-state index contributed by atoms with van der Waals surface area (Å²) in [7, 11) is 0. The number of carbonyl (C=O) groups is 2. The fourth-order valence-electron chi connectivity index (χ4n) is 2.61. The van der Waals surface area contributed by atoms with Crippen LogP contribution in [0, 0.1) is 0 Å². The molecule has 1 unspecified atom stereocenters. The van der Waals surface area contributed by atoms with Crippen LogP contribution < -0.4 is 5.32 Å². The molecular weight excluding hydrogens is 260 g/mol. The Morgan fingerprint density at radius 3 is 2.75 bits per heavy atom. The van der Waals surface area contributed by atoms with Crippen molar-refractivity contribution < 1.29 is 19.8 Å². The number of urea groups is 1. The van der Waals surface area contributed by atoms with Crippen molar-refractivity contribution in [2.45, 2.75) is 64.0 Å². The topological polar surface area (TPSA) is 89.9 Å². The maximum Gasteiger partial charge on any atom is 0.326 e. The molecule has 2 atom stereocenters. The molecule has 6 nitrogen and oxygen atoms in total. The molecule has 0 aromatic carbocycles. The molecule has 0 aliphatic carbocycles. The van der Waals surface area contributed by atoms with E-state index < -0.39 is 12.0 Å². The fraction of sp³-hybridized carbons (Fsp3) is 0.857. The maximum absolute atomic E-state index is 12.2. The number of amides is 2. The van der Waals surface area contributed by atoms with Gasteiger partial charge in [-0.1, -0.05) is 19.8 Å². The highest BCUT2D eigenvalue weighted by atomic mass is 16.4. The fourth-order valence-corrected chi connectivity index (χ4v) is 2.61. The summed E-state index contributed by atoms with van der Waals surface area (Å²) >= 11 is 0. The molecule has 0 spiro atoms. The van der Waals surface area contributed by atoms with Crippen molar-refractivity contribution in [2.24, 2.45) is 0 Å². The first kappa shape index (κ1) is 16.8. The molecule has 116 valence electrons. The summed E-state index contributed by atoms with van der Waals surface area (Å²) in [5, 5.41) is 20.8. The number of rotatable bonds is 7. The van der Waals surface area contributed by atoms with Crippen molar-refractivity contribution >= 4 is 12.0 Å². The van der Waals surface area contributed by atoms with Gasteiger partial charge in [0.1, 0.15) is 6.04 Å². The Hall–Kier alpha value is -1.30. The lowest BCUT2D eigenvalue weighted by Crippen LogP contribution is -2.53. The van der Waals surface area contributed by atoms with Crippen LogP contribution in [0.1, 0.15) is 51.9 Å². The van der Waals surface area contributed by atoms with Crippen LogP contribution in [0.15, 0.2) is 0 Å². The van der Waals surface area contributed by atoms with Crippen molar-refractivity contribution in [3.05, 3.63) is 0 Å². The first-order valence-corrected chi connectivity index (χ1v) is 7.51. The Labute approximate surface area is 120 Å². The molecule has 1 saturated heterocycles. The van der Waals surface area contributed by atoms with Crippen molar-refractivity contribution in [3.63, 3.8) is 0 Å². The van der Waals surface area contributed by atoms with E-state index >= 15 is 0 Å². The molecule has 1 aliphatic rings. The molecule has 0 aromatic rings. The average molecular weight is 286 g/mol. The van der Waals surface area contributed by atoms with Gasteiger partial charge in [-0.2, -0.15) is 0 Å². The third kappa shape index (κ3) is 5.00. The number of aliphatic carboxylic acids is 1. The van der Waals surface area contributed by atoms with Crippen LogP contribution in [-0.2, 0) is 4.79 Å². The lowest BCUT2D eigenvalue weighted by atomic mass is 10.00. The normalized spacial score (nSPS) is 20.5. The average Bonchev–Trinajstić information content (AvgIpc) is 2.43. The van der Waals surface area contributed by atoms with E-state index in [4.69, 9.17) is 10.2 Å². The molecule has 0 bridgehead atoms. The first-order valence-electron chi connectivity index (χ1n) is 7.51. The zero-order valence-electron chi connectivity index (χ0n) is 12.2. The number of aliphatic hydroxyl groups is 1. The quantitative estimate of drug-likeness (QED) is 0.662. The van der Waals surface area contributed by atoms with Gasteiger partial charge in [0.2, 0.25) is 0 Å². The van der Waals surface area contributed by atoms with Gasteiger partial charge in [-0.15, -0.1) is 0 Å². The number of carboxylic acid groups (broad SMARTS) is 1. The number of nitrogens with zero attached hydrogens (tertiary/aromatic N) is 1. The smallest absolute Gasteiger partial charge is 0.326 e. The van der Waals surface area contributed by atoms with E-state index in [1.54, 1.807) is 4.90 Å². The molecule has 6 heteroatoms. The van der Waals surface area contributed by atoms with Gasteiger partial charge in [-0.3, -0.25) is 0 Å². The van der Waals surface area contributed by atoms with Gasteiger partial charge in [0.25, 0.3) is 0 Å². The number of aliphatic hydroxyl groups excluding tert-OH is 1. The van der Waals surface area contributed by atoms with Gasteiger partial charge in [-0.25, -0.2) is 9.59 Å². The maximum atomic E-state index is 12.2. The van der Waals surface area contributed by atoms with E-state index in [1.165, 1.54) is 0 Å². The zero-order valence-corrected chi connectivity index (χ0v) is 12.2. The Morgan fingerprint density at radius 2 is 2.15 bits per heavy atom. The minimum absolute atomic E-state index is 0.0226. The molecule has 1 fully saturated rings. The predicted octanol–water partition coefficient (Wildman–Crippen LogP) is 1.58. The summed E-state index contributed by atoms with van der Waals surface area (Å²) in [5.74, 6) is -0.984. The van der Waals surface area contributed by atoms with Gasteiger partial charge < -0.3 is 20.4 Å². The number of hydrogen-bond donors (Lipinski definition) is 3. The van der Waals surface area contributed by atoms with E-state index in [2.05, 4.69) is 5.32 Å². The summed E-state index contributed by atoms with van der Waals surface area (Å²) < 4.78 is 0. The van der Waals surface area contributed by atoms with Gasteiger partial charge in [0.15, 0.2) is 0 Å². The van der Waals surface area contributed by atoms with Crippen LogP contribution in [0.5, 0.6) is 0 Å². The zero-order chi connectivity index (χ0) is 15.0. The molecule has 0 aromatic heterocycles. The standard InChI is InChI=1S/C14H26N2O4/c1-2-3-7-12(13(18)19)15-14(20)16-9-5-4-6-11(16)8-10-17/h11-12,17H,2-10H2,1H3,(H,15,20)(H,18,19)/t11?,12-/m0/s1. The van der Waals surface area contributed by atoms with E-state index in [0.717, 1.165) is 32.1 Å². The number of carboxylic acids is 1. The molecule has 0 radical (unpaired) electrons.